The Bertz CT molecular complexity index is 821. The topological polar surface area (TPSA) is 42.0 Å². The van der Waals surface area contributed by atoms with E-state index in [1.54, 1.807) is 11.3 Å². The summed E-state index contributed by atoms with van der Waals surface area (Å²) in [7, 11) is 0. The number of hydrogen-bond acceptors (Lipinski definition) is 4. The quantitative estimate of drug-likeness (QED) is 0.763. The van der Waals surface area contributed by atoms with E-state index in [-0.39, 0.29) is 5.91 Å². The summed E-state index contributed by atoms with van der Waals surface area (Å²) in [5, 5.41) is 9.72. The highest BCUT2D eigenvalue weighted by Gasteiger charge is 2.15. The van der Waals surface area contributed by atoms with Gasteiger partial charge in [0.15, 0.2) is 0 Å². The van der Waals surface area contributed by atoms with Crippen molar-refractivity contribution < 1.29 is 4.79 Å². The number of thiophene rings is 1. The van der Waals surface area contributed by atoms with Crippen molar-refractivity contribution in [3.8, 4) is 10.6 Å². The molecule has 110 valence electrons. The number of nitrogens with zero attached hydrogens (tertiary/aromatic N) is 1. The zero-order chi connectivity index (χ0) is 14.9. The van der Waals surface area contributed by atoms with Gasteiger partial charge in [0.25, 0.3) is 5.91 Å². The number of thiazole rings is 1. The predicted molar refractivity (Wildman–Crippen MR) is 91.8 cm³/mol. The summed E-state index contributed by atoms with van der Waals surface area (Å²) in [6.07, 6.45) is 3.47. The number of rotatable bonds is 3. The molecule has 22 heavy (non-hydrogen) atoms. The van der Waals surface area contributed by atoms with E-state index in [0.29, 0.717) is 5.69 Å². The lowest BCUT2D eigenvalue weighted by molar-refractivity contribution is 0.102. The molecule has 0 saturated carbocycles. The van der Waals surface area contributed by atoms with Gasteiger partial charge in [-0.25, -0.2) is 4.98 Å². The number of nitrogens with one attached hydrogen (secondary N) is 1. The van der Waals surface area contributed by atoms with E-state index < -0.39 is 0 Å². The first kappa shape index (κ1) is 13.7. The number of carbonyl (C=O) groups excluding carboxylic acids is 1. The summed E-state index contributed by atoms with van der Waals surface area (Å²) in [4.78, 5) is 16.8. The molecule has 4 rings (SSSR count). The number of carbonyl (C=O) groups is 1. The van der Waals surface area contributed by atoms with Crippen LogP contribution < -0.4 is 5.32 Å². The molecule has 0 bridgehead atoms. The second-order valence-electron chi connectivity index (χ2n) is 5.34. The van der Waals surface area contributed by atoms with E-state index in [4.69, 9.17) is 0 Å². The molecule has 1 aliphatic rings. The first-order valence-electron chi connectivity index (χ1n) is 7.21. The average Bonchev–Trinajstić information content (AvgIpc) is 3.26. The maximum atomic E-state index is 12.3. The molecule has 2 heterocycles. The molecule has 1 N–H and O–H groups in total. The monoisotopic (exact) mass is 326 g/mol. The molecule has 0 spiro atoms. The standard InChI is InChI=1S/C17H14N2OS2/c20-16(15-10-22-17(19-15)13-6-7-21-9-13)18-14-5-4-11-2-1-3-12(11)8-14/h4-10H,1-3H2,(H,18,20). The van der Waals surface area contributed by atoms with Crippen molar-refractivity contribution in [2.45, 2.75) is 19.3 Å². The normalized spacial score (nSPS) is 13.1. The van der Waals surface area contributed by atoms with Crippen molar-refractivity contribution in [1.82, 2.24) is 4.98 Å². The number of fused-ring (bicyclic) bond motifs is 1. The van der Waals surface area contributed by atoms with Gasteiger partial charge in [-0.3, -0.25) is 4.79 Å². The first-order chi connectivity index (χ1) is 10.8. The molecule has 0 unspecified atom stereocenters. The highest BCUT2D eigenvalue weighted by Crippen LogP contribution is 2.27. The number of amides is 1. The van der Waals surface area contributed by atoms with Crippen LogP contribution in [-0.4, -0.2) is 10.9 Å². The van der Waals surface area contributed by atoms with Crippen molar-refractivity contribution in [3.05, 3.63) is 57.2 Å². The molecule has 0 saturated heterocycles. The largest absolute Gasteiger partial charge is 0.321 e. The Morgan fingerprint density at radius 2 is 2.05 bits per heavy atom. The van der Waals surface area contributed by atoms with Gasteiger partial charge in [-0.15, -0.1) is 11.3 Å². The summed E-state index contributed by atoms with van der Waals surface area (Å²) in [6.45, 7) is 0. The minimum absolute atomic E-state index is 0.143. The molecular weight excluding hydrogens is 312 g/mol. The molecule has 1 amide bonds. The summed E-state index contributed by atoms with van der Waals surface area (Å²) < 4.78 is 0. The molecule has 1 aliphatic carbocycles. The van der Waals surface area contributed by atoms with Gasteiger partial charge in [-0.05, 0) is 54.0 Å². The number of benzene rings is 1. The van der Waals surface area contributed by atoms with Crippen molar-refractivity contribution in [1.29, 1.82) is 0 Å². The molecule has 5 heteroatoms. The molecule has 2 aromatic heterocycles. The fraction of sp³-hybridized carbons (Fsp3) is 0.176. The highest BCUT2D eigenvalue weighted by molar-refractivity contribution is 7.14. The van der Waals surface area contributed by atoms with Crippen LogP contribution in [-0.2, 0) is 12.8 Å². The van der Waals surface area contributed by atoms with Crippen LogP contribution in [0.5, 0.6) is 0 Å². The molecule has 3 aromatic rings. The lowest BCUT2D eigenvalue weighted by Crippen LogP contribution is -2.12. The van der Waals surface area contributed by atoms with Crippen LogP contribution in [0, 0.1) is 0 Å². The first-order valence-corrected chi connectivity index (χ1v) is 9.03. The van der Waals surface area contributed by atoms with Crippen molar-refractivity contribution in [2.24, 2.45) is 0 Å². The van der Waals surface area contributed by atoms with Gasteiger partial charge in [0.2, 0.25) is 0 Å². The van der Waals surface area contributed by atoms with E-state index in [9.17, 15) is 4.79 Å². The summed E-state index contributed by atoms with van der Waals surface area (Å²) in [6, 6.07) is 8.21. The van der Waals surface area contributed by atoms with Crippen LogP contribution in [0.25, 0.3) is 10.6 Å². The van der Waals surface area contributed by atoms with Gasteiger partial charge >= 0.3 is 0 Å². The fourth-order valence-electron chi connectivity index (χ4n) is 2.74. The Labute approximate surface area is 136 Å². The Hall–Kier alpha value is -1.98. The number of hydrogen-bond donors (Lipinski definition) is 1. The second kappa shape index (κ2) is 5.66. The summed E-state index contributed by atoms with van der Waals surface area (Å²) in [5.41, 5.74) is 5.18. The second-order valence-corrected chi connectivity index (χ2v) is 6.98. The minimum atomic E-state index is -0.143. The fourth-order valence-corrected chi connectivity index (χ4v) is 4.25. The van der Waals surface area contributed by atoms with Crippen LogP contribution in [0.4, 0.5) is 5.69 Å². The third-order valence-corrected chi connectivity index (χ3v) is 5.44. The lowest BCUT2D eigenvalue weighted by Gasteiger charge is -2.06. The predicted octanol–water partition coefficient (Wildman–Crippen LogP) is 4.61. The molecule has 0 radical (unpaired) electrons. The number of aromatic nitrogens is 1. The molecule has 0 fully saturated rings. The van der Waals surface area contributed by atoms with Crippen LogP contribution in [0.1, 0.15) is 28.0 Å². The van der Waals surface area contributed by atoms with Crippen LogP contribution in [0.15, 0.2) is 40.4 Å². The van der Waals surface area contributed by atoms with Crippen molar-refractivity contribution in [3.63, 3.8) is 0 Å². The zero-order valence-electron chi connectivity index (χ0n) is 11.8. The van der Waals surface area contributed by atoms with Gasteiger partial charge in [-0.1, -0.05) is 6.07 Å². The van der Waals surface area contributed by atoms with Crippen LogP contribution >= 0.6 is 22.7 Å². The van der Waals surface area contributed by atoms with Crippen molar-refractivity contribution >= 4 is 34.3 Å². The van der Waals surface area contributed by atoms with Gasteiger partial charge in [0.1, 0.15) is 10.7 Å². The van der Waals surface area contributed by atoms with E-state index in [1.807, 2.05) is 28.3 Å². The van der Waals surface area contributed by atoms with E-state index in [0.717, 1.165) is 29.1 Å². The average molecular weight is 326 g/mol. The van der Waals surface area contributed by atoms with Gasteiger partial charge in [0, 0.05) is 22.0 Å². The zero-order valence-corrected chi connectivity index (χ0v) is 13.5. The Kier molecular flexibility index (Phi) is 3.52. The summed E-state index contributed by atoms with van der Waals surface area (Å²) >= 11 is 3.13. The summed E-state index contributed by atoms with van der Waals surface area (Å²) in [5.74, 6) is -0.143. The molecule has 1 aromatic carbocycles. The Morgan fingerprint density at radius 3 is 2.91 bits per heavy atom. The molecule has 0 atom stereocenters. The van der Waals surface area contributed by atoms with E-state index >= 15 is 0 Å². The molecule has 0 aliphatic heterocycles. The number of anilines is 1. The highest BCUT2D eigenvalue weighted by atomic mass is 32.1. The lowest BCUT2D eigenvalue weighted by atomic mass is 10.1. The van der Waals surface area contributed by atoms with Gasteiger partial charge in [-0.2, -0.15) is 11.3 Å². The Morgan fingerprint density at radius 1 is 1.14 bits per heavy atom. The Balaban J connectivity index is 1.53. The molecular formula is C17H14N2OS2. The maximum absolute atomic E-state index is 12.3. The van der Waals surface area contributed by atoms with Gasteiger partial charge < -0.3 is 5.32 Å². The molecule has 3 nitrogen and oxygen atoms in total. The van der Waals surface area contributed by atoms with E-state index in [1.165, 1.54) is 28.9 Å². The van der Waals surface area contributed by atoms with Gasteiger partial charge in [0.05, 0.1) is 0 Å². The van der Waals surface area contributed by atoms with Crippen molar-refractivity contribution in [2.75, 3.05) is 5.32 Å². The smallest absolute Gasteiger partial charge is 0.275 e. The third-order valence-electron chi connectivity index (χ3n) is 3.86. The minimum Gasteiger partial charge on any atom is -0.321 e. The third kappa shape index (κ3) is 2.58. The SMILES string of the molecule is O=C(Nc1ccc2c(c1)CCC2)c1csc(-c2ccsc2)n1. The van der Waals surface area contributed by atoms with E-state index in [2.05, 4.69) is 22.4 Å². The van der Waals surface area contributed by atoms with Crippen LogP contribution in [0.3, 0.4) is 0 Å². The maximum Gasteiger partial charge on any atom is 0.275 e. The van der Waals surface area contributed by atoms with Crippen LogP contribution in [0.2, 0.25) is 0 Å². The number of aryl methyl sites for hydroxylation is 2.